The second-order valence-electron chi connectivity index (χ2n) is 14.1. The summed E-state index contributed by atoms with van der Waals surface area (Å²) in [5.41, 5.74) is 4.51. The average molecular weight is 913 g/mol. The fourth-order valence-corrected chi connectivity index (χ4v) is 12.8. The van der Waals surface area contributed by atoms with Crippen molar-refractivity contribution in [2.45, 2.75) is 33.4 Å². The van der Waals surface area contributed by atoms with E-state index in [1.807, 2.05) is 0 Å². The Morgan fingerprint density at radius 2 is 0.594 bits per heavy atom. The summed E-state index contributed by atoms with van der Waals surface area (Å²) in [4.78, 5) is 11.0. The van der Waals surface area contributed by atoms with Crippen molar-refractivity contribution in [2.75, 3.05) is 0 Å². The zero-order valence-corrected chi connectivity index (χ0v) is 38.5. The van der Waals surface area contributed by atoms with Gasteiger partial charge in [-0.2, -0.15) is 10.5 Å². The number of rotatable bonds is 13. The molecule has 0 bridgehead atoms. The summed E-state index contributed by atoms with van der Waals surface area (Å²) in [5.74, 6) is 0. The minimum absolute atomic E-state index is 0. The van der Waals surface area contributed by atoms with Crippen LogP contribution in [0.1, 0.15) is 55.6 Å². The van der Waals surface area contributed by atoms with Crippen LogP contribution >= 0.6 is 15.8 Å². The molecule has 0 aliphatic heterocycles. The Bertz CT molecular complexity index is 2420. The van der Waals surface area contributed by atoms with Crippen molar-refractivity contribution in [3.63, 3.8) is 0 Å². The van der Waals surface area contributed by atoms with Gasteiger partial charge in [0, 0.05) is 54.5 Å². The van der Waals surface area contributed by atoms with Crippen molar-refractivity contribution in [1.82, 2.24) is 0 Å². The molecule has 0 N–H and O–H groups in total. The molecule has 0 aromatic heterocycles. The third-order valence-corrected chi connectivity index (χ3v) is 15.7. The average Bonchev–Trinajstić information content (AvgIpc) is 3.33. The van der Waals surface area contributed by atoms with Gasteiger partial charge in [-0.15, -0.1) is 0 Å². The molecule has 0 heterocycles. The van der Waals surface area contributed by atoms with Gasteiger partial charge in [0.1, 0.15) is 43.9 Å². The van der Waals surface area contributed by atoms with E-state index < -0.39 is 15.8 Å². The first kappa shape index (κ1) is 50.1. The maximum atomic E-state index is 7.32. The second kappa shape index (κ2) is 27.5. The number of benzene rings is 8. The zero-order valence-electron chi connectivity index (χ0n) is 35.4. The van der Waals surface area contributed by atoms with Gasteiger partial charge in [-0.25, -0.2) is 0 Å². The van der Waals surface area contributed by atoms with Crippen LogP contribution in [0.3, 0.4) is 0 Å². The third-order valence-electron chi connectivity index (χ3n) is 10.0. The standard InChI is InChI=1S/C52H42N2P2.2C2H3N.CH4.Fe/c1-7-23-41(24-8-1)51(53-39-43-27-19-21-37-49(43)55(45-29-11-3-12-30-45)46-31-13-4-14-32-46)52(42-25-9-2-10-26-42)54-40-44-28-20-22-38-50(44)56(47-33-15-5-16-34-47)48-35-17-6-18-36-48;2*1-2-3;;/h1-40,51-52H;2*1H3;1H4;/p+2. The normalized spacial score (nSPS) is 11.3. The first-order valence-corrected chi connectivity index (χ1v) is 23.6. The molecule has 8 aromatic carbocycles. The van der Waals surface area contributed by atoms with Crippen LogP contribution in [-0.2, 0) is 17.1 Å². The molecule has 2 unspecified atom stereocenters. The molecular formula is C57H54FeN4P2+2. The van der Waals surface area contributed by atoms with Crippen LogP contribution in [0.2, 0.25) is 0 Å². The molecule has 0 aliphatic carbocycles. The first-order chi connectivity index (χ1) is 30.7. The van der Waals surface area contributed by atoms with E-state index in [1.54, 1.807) is 12.1 Å². The van der Waals surface area contributed by atoms with Gasteiger partial charge < -0.3 is 0 Å². The number of hydrogen-bond donors (Lipinski definition) is 0. The molecule has 0 radical (unpaired) electrons. The molecule has 0 amide bonds. The number of nitriles is 2. The van der Waals surface area contributed by atoms with Gasteiger partial charge >= 0.3 is 0 Å². The molecule has 64 heavy (non-hydrogen) atoms. The Morgan fingerprint density at radius 3 is 0.859 bits per heavy atom. The van der Waals surface area contributed by atoms with Crippen LogP contribution in [0, 0.1) is 22.7 Å². The van der Waals surface area contributed by atoms with E-state index in [9.17, 15) is 0 Å². The second-order valence-corrected chi connectivity index (χ2v) is 19.0. The van der Waals surface area contributed by atoms with Crippen LogP contribution in [0.15, 0.2) is 241 Å². The van der Waals surface area contributed by atoms with Gasteiger partial charge in [0.2, 0.25) is 0 Å². The summed E-state index contributed by atoms with van der Waals surface area (Å²) in [6.07, 6.45) is 4.21. The molecule has 0 saturated carbocycles. The largest absolute Gasteiger partial charge is 0.282 e. The summed E-state index contributed by atoms with van der Waals surface area (Å²) < 4.78 is 0. The van der Waals surface area contributed by atoms with Gasteiger partial charge in [-0.05, 0) is 83.9 Å². The minimum Gasteiger partial charge on any atom is -0.282 e. The Kier molecular flexibility index (Phi) is 21.5. The van der Waals surface area contributed by atoms with Crippen LogP contribution in [0.25, 0.3) is 0 Å². The molecule has 318 valence electrons. The topological polar surface area (TPSA) is 72.3 Å². The van der Waals surface area contributed by atoms with Gasteiger partial charge in [-0.1, -0.05) is 165 Å². The van der Waals surface area contributed by atoms with Crippen molar-refractivity contribution >= 4 is 60.1 Å². The molecule has 0 aliphatic rings. The quantitative estimate of drug-likeness (QED) is 0.0657. The summed E-state index contributed by atoms with van der Waals surface area (Å²) in [6, 6.07) is 85.5. The van der Waals surface area contributed by atoms with Crippen LogP contribution in [0.5, 0.6) is 0 Å². The van der Waals surface area contributed by atoms with Crippen LogP contribution in [-0.4, -0.2) is 12.4 Å². The number of nitrogens with zero attached hydrogens (tertiary/aromatic N) is 4. The molecule has 8 rings (SSSR count). The maximum absolute atomic E-state index is 7.32. The molecule has 7 heteroatoms. The summed E-state index contributed by atoms with van der Waals surface area (Å²) >= 11 is 0. The van der Waals surface area contributed by atoms with E-state index in [0.717, 1.165) is 22.3 Å². The molecule has 4 nitrogen and oxygen atoms in total. The Hall–Kier alpha value is -6.54. The third kappa shape index (κ3) is 13.7. The number of hydrogen-bond acceptors (Lipinski definition) is 4. The van der Waals surface area contributed by atoms with Crippen molar-refractivity contribution < 1.29 is 17.1 Å². The SMILES string of the molecule is C.C(=NC(c1ccccc1)C(N=Cc1ccccc1[PH+](c1ccccc1)c1ccccc1)c1ccccc1)c1ccccc1[PH+](c1ccccc1)c1ccccc1.CC#N.CC#N.[Fe]. The first-order valence-electron chi connectivity index (χ1n) is 20.6. The summed E-state index contributed by atoms with van der Waals surface area (Å²) in [5, 5.41) is 22.7. The molecule has 8 aromatic rings. The maximum Gasteiger partial charge on any atom is 0.111 e. The summed E-state index contributed by atoms with van der Waals surface area (Å²) in [7, 11) is -2.62. The van der Waals surface area contributed by atoms with Gasteiger partial charge in [0.15, 0.2) is 0 Å². The molecule has 0 fully saturated rings. The van der Waals surface area contributed by atoms with E-state index in [-0.39, 0.29) is 36.6 Å². The van der Waals surface area contributed by atoms with E-state index >= 15 is 0 Å². The number of aliphatic imine (C=N–C) groups is 2. The van der Waals surface area contributed by atoms with Crippen LogP contribution < -0.4 is 31.8 Å². The molecule has 0 spiro atoms. The zero-order chi connectivity index (χ0) is 43.2. The summed E-state index contributed by atoms with van der Waals surface area (Å²) in [6.45, 7) is 2.86. The fourth-order valence-electron chi connectivity index (χ4n) is 7.37. The predicted molar refractivity (Wildman–Crippen MR) is 276 cm³/mol. The van der Waals surface area contributed by atoms with Crippen molar-refractivity contribution in [2.24, 2.45) is 9.98 Å². The molecular weight excluding hydrogens is 858 g/mol. The van der Waals surface area contributed by atoms with Crippen molar-refractivity contribution in [3.8, 4) is 12.1 Å². The Balaban J connectivity index is 0.00000106. The van der Waals surface area contributed by atoms with Crippen LogP contribution in [0.4, 0.5) is 0 Å². The fraction of sp³-hybridized carbons (Fsp3) is 0.0877. The van der Waals surface area contributed by atoms with Crippen molar-refractivity contribution in [1.29, 1.82) is 10.5 Å². The van der Waals surface area contributed by atoms with E-state index in [2.05, 4.69) is 243 Å². The van der Waals surface area contributed by atoms with E-state index in [1.165, 1.54) is 45.7 Å². The van der Waals surface area contributed by atoms with E-state index in [0.29, 0.717) is 0 Å². The molecule has 0 saturated heterocycles. The predicted octanol–water partition coefficient (Wildman–Crippen LogP) is 11.4. The Labute approximate surface area is 393 Å². The monoisotopic (exact) mass is 912 g/mol. The molecule has 2 atom stereocenters. The van der Waals surface area contributed by atoms with Gasteiger partial charge in [0.05, 0.1) is 28.0 Å². The van der Waals surface area contributed by atoms with Gasteiger partial charge in [0.25, 0.3) is 0 Å². The van der Waals surface area contributed by atoms with Crippen molar-refractivity contribution in [3.05, 3.63) is 253 Å². The van der Waals surface area contributed by atoms with E-state index in [4.69, 9.17) is 20.5 Å². The van der Waals surface area contributed by atoms with Gasteiger partial charge in [-0.3, -0.25) is 9.98 Å². The Morgan fingerprint density at radius 1 is 0.375 bits per heavy atom. The smallest absolute Gasteiger partial charge is 0.111 e. The minimum atomic E-state index is -1.31.